The van der Waals surface area contributed by atoms with Crippen LogP contribution in [0.5, 0.6) is 0 Å². The highest BCUT2D eigenvalue weighted by atomic mass is 16.1. The molecule has 1 aliphatic heterocycles. The lowest BCUT2D eigenvalue weighted by Crippen LogP contribution is -2.44. The molecule has 1 aliphatic rings. The summed E-state index contributed by atoms with van der Waals surface area (Å²) in [6.45, 7) is 9.58. The van der Waals surface area contributed by atoms with Gasteiger partial charge in [-0.05, 0) is 25.5 Å². The number of carbonyl (C=O) groups is 1. The van der Waals surface area contributed by atoms with Gasteiger partial charge in [0, 0.05) is 44.0 Å². The molecular weight excluding hydrogens is 248 g/mol. The first-order chi connectivity index (χ1) is 9.70. The van der Waals surface area contributed by atoms with Crippen LogP contribution in [0.4, 0.5) is 0 Å². The fourth-order valence-electron chi connectivity index (χ4n) is 2.56. The second kappa shape index (κ2) is 7.25. The Morgan fingerprint density at radius 3 is 2.55 bits per heavy atom. The maximum atomic E-state index is 12.2. The number of benzene rings is 1. The highest BCUT2D eigenvalue weighted by Gasteiger charge is 2.13. The number of hydrogen-bond donors (Lipinski definition) is 0. The molecule has 0 unspecified atom stereocenters. The summed E-state index contributed by atoms with van der Waals surface area (Å²) < 4.78 is 0. The van der Waals surface area contributed by atoms with Gasteiger partial charge in [-0.2, -0.15) is 0 Å². The van der Waals surface area contributed by atoms with E-state index in [4.69, 9.17) is 0 Å². The molecule has 2 rings (SSSR count). The van der Waals surface area contributed by atoms with E-state index >= 15 is 0 Å². The number of hydrogen-bond acceptors (Lipinski definition) is 3. The van der Waals surface area contributed by atoms with Crippen molar-refractivity contribution in [3.05, 3.63) is 47.7 Å². The van der Waals surface area contributed by atoms with E-state index in [0.717, 1.165) is 37.3 Å². The van der Waals surface area contributed by atoms with Crippen molar-refractivity contribution in [2.75, 3.05) is 32.7 Å². The Hall–Kier alpha value is -1.61. The minimum atomic E-state index is 0.0964. The summed E-state index contributed by atoms with van der Waals surface area (Å²) in [4.78, 5) is 16.9. The lowest BCUT2D eigenvalue weighted by molar-refractivity contribution is 0.104. The molecule has 1 heterocycles. The van der Waals surface area contributed by atoms with Crippen LogP contribution < -0.4 is 0 Å². The van der Waals surface area contributed by atoms with Gasteiger partial charge in [0.1, 0.15) is 0 Å². The number of ketones is 1. The predicted molar refractivity (Wildman–Crippen MR) is 83.0 cm³/mol. The molecule has 0 aromatic heterocycles. The van der Waals surface area contributed by atoms with Crippen LogP contribution in [-0.2, 0) is 0 Å². The molecule has 0 amide bonds. The molecule has 0 spiro atoms. The summed E-state index contributed by atoms with van der Waals surface area (Å²) >= 11 is 0. The molecule has 1 saturated heterocycles. The van der Waals surface area contributed by atoms with Crippen molar-refractivity contribution in [3.63, 3.8) is 0 Å². The van der Waals surface area contributed by atoms with Gasteiger partial charge in [0.05, 0.1) is 0 Å². The summed E-state index contributed by atoms with van der Waals surface area (Å²) in [5, 5.41) is 0. The number of nitrogens with zero attached hydrogens (tertiary/aromatic N) is 2. The highest BCUT2D eigenvalue weighted by Crippen LogP contribution is 2.09. The molecule has 20 heavy (non-hydrogen) atoms. The Balaban J connectivity index is 1.88. The first-order valence-corrected chi connectivity index (χ1v) is 7.45. The van der Waals surface area contributed by atoms with Gasteiger partial charge in [-0.1, -0.05) is 31.2 Å². The van der Waals surface area contributed by atoms with Gasteiger partial charge in [-0.3, -0.25) is 9.69 Å². The molecule has 3 nitrogen and oxygen atoms in total. The van der Waals surface area contributed by atoms with Crippen LogP contribution in [0.2, 0.25) is 0 Å². The second-order valence-electron chi connectivity index (χ2n) is 5.37. The summed E-state index contributed by atoms with van der Waals surface area (Å²) in [5.41, 5.74) is 1.84. The van der Waals surface area contributed by atoms with Crippen LogP contribution in [0.15, 0.2) is 36.5 Å². The monoisotopic (exact) mass is 272 g/mol. The lowest BCUT2D eigenvalue weighted by atomic mass is 10.1. The summed E-state index contributed by atoms with van der Waals surface area (Å²) in [7, 11) is 0. The second-order valence-corrected chi connectivity index (χ2v) is 5.37. The molecule has 0 saturated carbocycles. The van der Waals surface area contributed by atoms with E-state index in [1.807, 2.05) is 37.4 Å². The van der Waals surface area contributed by atoms with Gasteiger partial charge < -0.3 is 4.90 Å². The SMILES string of the molecule is CCCN1CCN(C=CC(=O)c2ccccc2C)CC1. The highest BCUT2D eigenvalue weighted by molar-refractivity contribution is 6.05. The first-order valence-electron chi connectivity index (χ1n) is 7.45. The number of allylic oxidation sites excluding steroid dienone is 1. The molecule has 108 valence electrons. The zero-order chi connectivity index (χ0) is 14.4. The van der Waals surface area contributed by atoms with E-state index in [1.54, 1.807) is 6.08 Å². The fraction of sp³-hybridized carbons (Fsp3) is 0.471. The number of aryl methyl sites for hydroxylation is 1. The van der Waals surface area contributed by atoms with Gasteiger partial charge in [-0.15, -0.1) is 0 Å². The molecule has 3 heteroatoms. The normalized spacial score (nSPS) is 16.8. The van der Waals surface area contributed by atoms with Gasteiger partial charge in [0.25, 0.3) is 0 Å². The van der Waals surface area contributed by atoms with Crippen LogP contribution in [0, 0.1) is 6.92 Å². The fourth-order valence-corrected chi connectivity index (χ4v) is 2.56. The zero-order valence-electron chi connectivity index (χ0n) is 12.5. The number of piperazine rings is 1. The number of rotatable bonds is 5. The van der Waals surface area contributed by atoms with Gasteiger partial charge >= 0.3 is 0 Å². The van der Waals surface area contributed by atoms with Crippen molar-refractivity contribution >= 4 is 5.78 Å². The average Bonchev–Trinajstić information content (AvgIpc) is 2.47. The molecule has 0 aliphatic carbocycles. The Morgan fingerprint density at radius 1 is 1.20 bits per heavy atom. The van der Waals surface area contributed by atoms with E-state index in [2.05, 4.69) is 16.7 Å². The zero-order valence-corrected chi connectivity index (χ0v) is 12.5. The van der Waals surface area contributed by atoms with Crippen molar-refractivity contribution in [3.8, 4) is 0 Å². The smallest absolute Gasteiger partial charge is 0.187 e. The van der Waals surface area contributed by atoms with Crippen LogP contribution in [-0.4, -0.2) is 48.3 Å². The third-order valence-corrected chi connectivity index (χ3v) is 3.79. The largest absolute Gasteiger partial charge is 0.375 e. The van der Waals surface area contributed by atoms with Crippen molar-refractivity contribution < 1.29 is 4.79 Å². The van der Waals surface area contributed by atoms with E-state index in [9.17, 15) is 4.79 Å². The van der Waals surface area contributed by atoms with Crippen LogP contribution in [0.25, 0.3) is 0 Å². The molecular formula is C17H24N2O. The number of carbonyl (C=O) groups excluding carboxylic acids is 1. The van der Waals surface area contributed by atoms with E-state index in [0.29, 0.717) is 0 Å². The van der Waals surface area contributed by atoms with Gasteiger partial charge in [-0.25, -0.2) is 0 Å². The molecule has 1 fully saturated rings. The molecule has 0 radical (unpaired) electrons. The Morgan fingerprint density at radius 2 is 1.90 bits per heavy atom. The average molecular weight is 272 g/mol. The third-order valence-electron chi connectivity index (χ3n) is 3.79. The van der Waals surface area contributed by atoms with Crippen LogP contribution in [0.3, 0.4) is 0 Å². The summed E-state index contributed by atoms with van der Waals surface area (Å²) in [6, 6.07) is 7.74. The summed E-state index contributed by atoms with van der Waals surface area (Å²) in [6.07, 6.45) is 4.87. The predicted octanol–water partition coefficient (Wildman–Crippen LogP) is 2.72. The maximum Gasteiger partial charge on any atom is 0.187 e. The van der Waals surface area contributed by atoms with Crippen molar-refractivity contribution in [1.29, 1.82) is 0 Å². The maximum absolute atomic E-state index is 12.2. The van der Waals surface area contributed by atoms with E-state index < -0.39 is 0 Å². The van der Waals surface area contributed by atoms with E-state index in [1.165, 1.54) is 13.0 Å². The van der Waals surface area contributed by atoms with Gasteiger partial charge in [0.15, 0.2) is 5.78 Å². The van der Waals surface area contributed by atoms with Crippen LogP contribution in [0.1, 0.15) is 29.3 Å². The quantitative estimate of drug-likeness (QED) is 0.608. The molecule has 0 atom stereocenters. The Labute approximate surface area is 121 Å². The Kier molecular flexibility index (Phi) is 5.36. The molecule has 1 aromatic carbocycles. The summed E-state index contributed by atoms with van der Waals surface area (Å²) in [5.74, 6) is 0.0964. The Bertz CT molecular complexity index is 474. The van der Waals surface area contributed by atoms with E-state index in [-0.39, 0.29) is 5.78 Å². The first kappa shape index (κ1) is 14.8. The third kappa shape index (κ3) is 3.94. The van der Waals surface area contributed by atoms with Crippen molar-refractivity contribution in [1.82, 2.24) is 9.80 Å². The van der Waals surface area contributed by atoms with Crippen molar-refractivity contribution in [2.45, 2.75) is 20.3 Å². The molecule has 0 bridgehead atoms. The minimum absolute atomic E-state index is 0.0964. The van der Waals surface area contributed by atoms with Gasteiger partial charge in [0.2, 0.25) is 0 Å². The standard InChI is InChI=1S/C17H24N2O/c1-3-9-18-11-13-19(14-12-18)10-8-17(20)16-7-5-4-6-15(16)2/h4-8,10H,3,9,11-14H2,1-2H3. The topological polar surface area (TPSA) is 23.6 Å². The molecule has 1 aromatic rings. The molecule has 0 N–H and O–H groups in total. The van der Waals surface area contributed by atoms with Crippen molar-refractivity contribution in [2.24, 2.45) is 0 Å². The minimum Gasteiger partial charge on any atom is -0.375 e. The van der Waals surface area contributed by atoms with Crippen LogP contribution >= 0.6 is 0 Å². The lowest BCUT2D eigenvalue weighted by Gasteiger charge is -2.33.